The van der Waals surface area contributed by atoms with Crippen molar-refractivity contribution in [3.8, 4) is 11.3 Å². The summed E-state index contributed by atoms with van der Waals surface area (Å²) in [6.07, 6.45) is 1.63. The molecule has 2 aromatic heterocycles. The van der Waals surface area contributed by atoms with E-state index in [4.69, 9.17) is 23.1 Å². The van der Waals surface area contributed by atoms with Crippen LogP contribution in [0.3, 0.4) is 0 Å². The Kier molecular flexibility index (Phi) is 4.93. The first-order valence-corrected chi connectivity index (χ1v) is 8.54. The lowest BCUT2D eigenvalue weighted by molar-refractivity contribution is 0.100. The Morgan fingerprint density at radius 3 is 2.80 bits per heavy atom. The van der Waals surface area contributed by atoms with Crippen molar-refractivity contribution >= 4 is 39.8 Å². The summed E-state index contributed by atoms with van der Waals surface area (Å²) >= 11 is 7.46. The van der Waals surface area contributed by atoms with Crippen LogP contribution in [0.4, 0.5) is 10.9 Å². The summed E-state index contributed by atoms with van der Waals surface area (Å²) in [5.74, 6) is 0.609. The minimum absolute atomic E-state index is 0.263. The quantitative estimate of drug-likeness (QED) is 0.631. The number of nitrogens with two attached hydrogens (primary N) is 2. The highest BCUT2D eigenvalue weighted by atomic mass is 35.5. The van der Waals surface area contributed by atoms with E-state index in [2.05, 4.69) is 20.3 Å². The minimum atomic E-state index is -0.581. The molecule has 128 valence electrons. The number of carbonyl (C=O) groups excluding carboxylic acids is 1. The molecule has 0 unspecified atom stereocenters. The van der Waals surface area contributed by atoms with Crippen LogP contribution in [0.25, 0.3) is 11.3 Å². The van der Waals surface area contributed by atoms with Crippen molar-refractivity contribution in [2.75, 3.05) is 5.32 Å². The van der Waals surface area contributed by atoms with Gasteiger partial charge in [0.1, 0.15) is 16.5 Å². The fourth-order valence-electron chi connectivity index (χ4n) is 2.35. The second-order valence-corrected chi connectivity index (χ2v) is 6.56. The number of benzene rings is 1. The summed E-state index contributed by atoms with van der Waals surface area (Å²) in [6, 6.07) is 7.07. The van der Waals surface area contributed by atoms with E-state index in [0.717, 1.165) is 16.9 Å². The third-order valence-corrected chi connectivity index (χ3v) is 4.72. The molecule has 5 N–H and O–H groups in total. The lowest BCUT2D eigenvalue weighted by Crippen LogP contribution is -2.11. The lowest BCUT2D eigenvalue weighted by Gasteiger charge is -2.08. The summed E-state index contributed by atoms with van der Waals surface area (Å²) in [7, 11) is 0. The van der Waals surface area contributed by atoms with E-state index < -0.39 is 5.91 Å². The highest BCUT2D eigenvalue weighted by molar-refractivity contribution is 7.18. The molecule has 25 heavy (non-hydrogen) atoms. The maximum absolute atomic E-state index is 11.9. The van der Waals surface area contributed by atoms with Gasteiger partial charge in [-0.15, -0.1) is 0 Å². The van der Waals surface area contributed by atoms with E-state index in [1.165, 1.54) is 0 Å². The number of aromatic nitrogens is 3. The largest absolute Gasteiger partial charge is 0.365 e. The summed E-state index contributed by atoms with van der Waals surface area (Å²) in [4.78, 5) is 25.0. The van der Waals surface area contributed by atoms with Gasteiger partial charge in [0.25, 0.3) is 5.91 Å². The number of halogens is 1. The number of aryl methyl sites for hydroxylation is 1. The number of amides is 1. The highest BCUT2D eigenvalue weighted by Crippen LogP contribution is 2.37. The number of nitrogens with one attached hydrogen (secondary N) is 1. The first-order valence-electron chi connectivity index (χ1n) is 7.34. The summed E-state index contributed by atoms with van der Waals surface area (Å²) in [5, 5.41) is 4.00. The topological polar surface area (TPSA) is 120 Å². The van der Waals surface area contributed by atoms with Gasteiger partial charge < -0.3 is 16.8 Å². The van der Waals surface area contributed by atoms with Crippen LogP contribution in [0.2, 0.25) is 5.02 Å². The highest BCUT2D eigenvalue weighted by Gasteiger charge is 2.21. The number of thiazole rings is 1. The fraction of sp³-hybridized carbons (Fsp3) is 0.125. The van der Waals surface area contributed by atoms with Crippen molar-refractivity contribution < 1.29 is 4.79 Å². The predicted octanol–water partition coefficient (Wildman–Crippen LogP) is 2.86. The third kappa shape index (κ3) is 3.60. The van der Waals surface area contributed by atoms with Crippen LogP contribution in [0.5, 0.6) is 0 Å². The Morgan fingerprint density at radius 1 is 1.32 bits per heavy atom. The van der Waals surface area contributed by atoms with Gasteiger partial charge >= 0.3 is 0 Å². The number of anilines is 2. The molecule has 0 bridgehead atoms. The van der Waals surface area contributed by atoms with Gasteiger partial charge in [-0.3, -0.25) is 4.79 Å². The van der Waals surface area contributed by atoms with Crippen LogP contribution in [-0.2, 0) is 6.54 Å². The zero-order valence-electron chi connectivity index (χ0n) is 13.3. The fourth-order valence-corrected chi connectivity index (χ4v) is 3.46. The molecular weight excluding hydrogens is 360 g/mol. The molecule has 0 aliphatic carbocycles. The van der Waals surface area contributed by atoms with Crippen molar-refractivity contribution in [2.45, 2.75) is 13.5 Å². The average molecular weight is 375 g/mol. The number of hydrogen-bond acceptors (Lipinski definition) is 7. The van der Waals surface area contributed by atoms with Crippen LogP contribution >= 0.6 is 22.9 Å². The number of nitrogens with zero attached hydrogens (tertiary/aromatic N) is 3. The van der Waals surface area contributed by atoms with Crippen molar-refractivity contribution in [1.82, 2.24) is 15.0 Å². The zero-order chi connectivity index (χ0) is 18.0. The maximum Gasteiger partial charge on any atom is 0.261 e. The van der Waals surface area contributed by atoms with Gasteiger partial charge in [-0.2, -0.15) is 0 Å². The molecule has 3 rings (SSSR count). The smallest absolute Gasteiger partial charge is 0.261 e. The zero-order valence-corrected chi connectivity index (χ0v) is 14.9. The molecular formula is C16H15ClN6OS. The molecule has 0 saturated heterocycles. The minimum Gasteiger partial charge on any atom is -0.365 e. The second kappa shape index (κ2) is 7.14. The normalized spacial score (nSPS) is 10.7. The third-order valence-electron chi connectivity index (χ3n) is 3.42. The monoisotopic (exact) mass is 374 g/mol. The summed E-state index contributed by atoms with van der Waals surface area (Å²) < 4.78 is 0. The summed E-state index contributed by atoms with van der Waals surface area (Å²) in [6.45, 7) is 2.05. The van der Waals surface area contributed by atoms with Gasteiger partial charge in [0.05, 0.1) is 10.7 Å². The molecule has 3 aromatic rings. The average Bonchev–Trinajstić information content (AvgIpc) is 2.98. The Morgan fingerprint density at radius 2 is 2.12 bits per heavy atom. The van der Waals surface area contributed by atoms with E-state index >= 15 is 0 Å². The van der Waals surface area contributed by atoms with Crippen LogP contribution < -0.4 is 16.8 Å². The van der Waals surface area contributed by atoms with E-state index in [1.807, 2.05) is 6.07 Å². The van der Waals surface area contributed by atoms with Gasteiger partial charge in [-0.05, 0) is 24.6 Å². The van der Waals surface area contributed by atoms with E-state index in [9.17, 15) is 4.79 Å². The Balaban J connectivity index is 2.09. The van der Waals surface area contributed by atoms with Gasteiger partial charge in [0.2, 0.25) is 0 Å². The molecule has 1 aromatic carbocycles. The second-order valence-electron chi connectivity index (χ2n) is 5.15. The van der Waals surface area contributed by atoms with Crippen LogP contribution in [-0.4, -0.2) is 20.9 Å². The molecule has 0 saturated carbocycles. The molecule has 7 nitrogen and oxygen atoms in total. The molecule has 0 radical (unpaired) electrons. The van der Waals surface area contributed by atoms with Crippen LogP contribution in [0.15, 0.2) is 30.5 Å². The number of hydrogen-bond donors (Lipinski definition) is 3. The Labute approximate surface area is 153 Å². The molecule has 9 heteroatoms. The molecule has 0 atom stereocenters. The van der Waals surface area contributed by atoms with Crippen molar-refractivity contribution in [3.05, 3.63) is 51.7 Å². The molecule has 0 aliphatic rings. The van der Waals surface area contributed by atoms with Crippen molar-refractivity contribution in [2.24, 2.45) is 11.5 Å². The van der Waals surface area contributed by atoms with E-state index in [-0.39, 0.29) is 6.54 Å². The van der Waals surface area contributed by atoms with E-state index in [0.29, 0.717) is 37.9 Å². The molecule has 0 spiro atoms. The number of rotatable bonds is 5. The first kappa shape index (κ1) is 17.3. The maximum atomic E-state index is 11.9. The van der Waals surface area contributed by atoms with Crippen molar-refractivity contribution in [1.29, 1.82) is 0 Å². The molecule has 0 aliphatic heterocycles. The molecule has 2 heterocycles. The lowest BCUT2D eigenvalue weighted by atomic mass is 10.0. The number of carbonyl (C=O) groups is 1. The summed E-state index contributed by atoms with van der Waals surface area (Å²) in [5.41, 5.74) is 13.1. The Hall–Kier alpha value is -2.55. The van der Waals surface area contributed by atoms with Crippen LogP contribution in [0, 0.1) is 6.92 Å². The van der Waals surface area contributed by atoms with Crippen molar-refractivity contribution in [3.63, 3.8) is 0 Å². The number of primary amides is 1. The predicted molar refractivity (Wildman–Crippen MR) is 99.0 cm³/mol. The standard InChI is InChI=1S/C16H15ClN6OS/c1-8-20-6-5-11(21-8)22-16-23-13(14(25-16)15(19)24)12-9(7-18)3-2-4-10(12)17/h2-6H,7,18H2,1H3,(H2,19,24)(H,20,21,22,23). The van der Waals surface area contributed by atoms with Crippen LogP contribution in [0.1, 0.15) is 21.1 Å². The molecule has 0 fully saturated rings. The van der Waals surface area contributed by atoms with Gasteiger partial charge in [0.15, 0.2) is 5.13 Å². The van der Waals surface area contributed by atoms with Gasteiger partial charge in [-0.25, -0.2) is 15.0 Å². The SMILES string of the molecule is Cc1nccc(Nc2nc(-c3c(Cl)cccc3CN)c(C(N)=O)s2)n1. The van der Waals surface area contributed by atoms with E-state index in [1.54, 1.807) is 31.3 Å². The van der Waals surface area contributed by atoms with Gasteiger partial charge in [-0.1, -0.05) is 35.1 Å². The molecule has 1 amide bonds. The Bertz CT molecular complexity index is 942. The first-order chi connectivity index (χ1) is 12.0. The van der Waals surface area contributed by atoms with Gasteiger partial charge in [0, 0.05) is 18.3 Å².